The van der Waals surface area contributed by atoms with Crippen molar-refractivity contribution in [1.29, 1.82) is 5.26 Å². The first kappa shape index (κ1) is 31.6. The number of non-ortho nitro benzene ring substituents is 1. The largest absolute Gasteiger partial charge is 0.461 e. The van der Waals surface area contributed by atoms with Crippen molar-refractivity contribution in [3.63, 3.8) is 0 Å². The molecule has 0 aliphatic carbocycles. The van der Waals surface area contributed by atoms with Gasteiger partial charge >= 0.3 is 11.7 Å². The summed E-state index contributed by atoms with van der Waals surface area (Å²) in [5.41, 5.74) is 0.239. The van der Waals surface area contributed by atoms with Crippen LogP contribution < -0.4 is 10.2 Å². The highest BCUT2D eigenvalue weighted by atomic mass is 16.6. The molecule has 3 rings (SSSR count). The van der Waals surface area contributed by atoms with Gasteiger partial charge in [0.05, 0.1) is 33.6 Å². The highest BCUT2D eigenvalue weighted by Crippen LogP contribution is 2.38. The summed E-state index contributed by atoms with van der Waals surface area (Å²) >= 11 is 0. The third-order valence-corrected chi connectivity index (χ3v) is 5.80. The Morgan fingerprint density at radius 1 is 1.05 bits per heavy atom. The zero-order chi connectivity index (χ0) is 31.5. The van der Waals surface area contributed by atoms with Crippen LogP contribution in [0.5, 0.6) is 0 Å². The Morgan fingerprint density at radius 3 is 2.37 bits per heavy atom. The first-order chi connectivity index (χ1) is 20.5. The zero-order valence-electron chi connectivity index (χ0n) is 23.4. The van der Waals surface area contributed by atoms with E-state index in [1.54, 1.807) is 25.1 Å². The van der Waals surface area contributed by atoms with Gasteiger partial charge in [-0.25, -0.2) is 0 Å². The van der Waals surface area contributed by atoms with Crippen LogP contribution in [0.2, 0.25) is 0 Å². The zero-order valence-corrected chi connectivity index (χ0v) is 23.4. The molecule has 220 valence electrons. The highest BCUT2D eigenvalue weighted by Gasteiger charge is 2.25. The molecular weight excluding hydrogens is 558 g/mol. The minimum absolute atomic E-state index is 0.0673. The molecule has 0 spiro atoms. The van der Waals surface area contributed by atoms with E-state index in [0.717, 1.165) is 11.6 Å². The fraction of sp³-hybridized carbons (Fsp3) is 0.207. The number of azo groups is 1. The number of carbonyl (C=O) groups excluding carboxylic acids is 2. The Kier molecular flexibility index (Phi) is 10.7. The fourth-order valence-corrected chi connectivity index (χ4v) is 3.85. The number of rotatable bonds is 13. The number of hydrogen-bond donors (Lipinski definition) is 1. The third kappa shape index (κ3) is 9.02. The summed E-state index contributed by atoms with van der Waals surface area (Å²) in [7, 11) is 0. The van der Waals surface area contributed by atoms with Crippen molar-refractivity contribution >= 4 is 46.0 Å². The molecule has 1 amide bonds. The van der Waals surface area contributed by atoms with Gasteiger partial charge in [0.25, 0.3) is 5.69 Å². The average Bonchev–Trinajstić information content (AvgIpc) is 2.97. The summed E-state index contributed by atoms with van der Waals surface area (Å²) in [6, 6.07) is 17.5. The van der Waals surface area contributed by atoms with Crippen molar-refractivity contribution in [2.75, 3.05) is 23.4 Å². The molecule has 14 heteroatoms. The summed E-state index contributed by atoms with van der Waals surface area (Å²) < 4.78 is 5.22. The Morgan fingerprint density at radius 2 is 1.77 bits per heavy atom. The predicted octanol–water partition coefficient (Wildman–Crippen LogP) is 6.26. The lowest BCUT2D eigenvalue weighted by Crippen LogP contribution is -2.26. The van der Waals surface area contributed by atoms with Crippen LogP contribution in [0.1, 0.15) is 31.4 Å². The van der Waals surface area contributed by atoms with Crippen LogP contribution in [-0.2, 0) is 20.9 Å². The molecule has 3 aromatic carbocycles. The maximum absolute atomic E-state index is 12.3. The van der Waals surface area contributed by atoms with Gasteiger partial charge in [0, 0.05) is 31.8 Å². The number of nitro benzene ring substituents is 2. The maximum Gasteiger partial charge on any atom is 0.307 e. The van der Waals surface area contributed by atoms with E-state index in [4.69, 9.17) is 4.74 Å². The minimum atomic E-state index is -0.900. The van der Waals surface area contributed by atoms with Gasteiger partial charge < -0.3 is 15.0 Å². The number of nitriles is 1. The van der Waals surface area contributed by atoms with Gasteiger partial charge in [-0.15, -0.1) is 10.2 Å². The van der Waals surface area contributed by atoms with E-state index < -0.39 is 44.3 Å². The van der Waals surface area contributed by atoms with Crippen LogP contribution in [0.25, 0.3) is 0 Å². The molecule has 0 bridgehead atoms. The lowest BCUT2D eigenvalue weighted by molar-refractivity contribution is -0.393. The van der Waals surface area contributed by atoms with Gasteiger partial charge in [0.1, 0.15) is 18.4 Å². The Bertz CT molecular complexity index is 1630. The van der Waals surface area contributed by atoms with Crippen LogP contribution >= 0.6 is 0 Å². The summed E-state index contributed by atoms with van der Waals surface area (Å²) in [5, 5.41) is 42.8. The first-order valence-electron chi connectivity index (χ1n) is 12.8. The van der Waals surface area contributed by atoms with Crippen molar-refractivity contribution in [3.05, 3.63) is 104 Å². The second-order valence-electron chi connectivity index (χ2n) is 9.34. The molecule has 43 heavy (non-hydrogen) atoms. The van der Waals surface area contributed by atoms with Crippen LogP contribution in [0, 0.1) is 31.6 Å². The van der Waals surface area contributed by atoms with Gasteiger partial charge in [-0.2, -0.15) is 5.26 Å². The van der Waals surface area contributed by atoms with Crippen LogP contribution in [0.3, 0.4) is 0 Å². The number of nitrogens with one attached hydrogen (secondary N) is 1. The molecule has 0 aliphatic heterocycles. The second kappa shape index (κ2) is 14.6. The van der Waals surface area contributed by atoms with E-state index in [-0.39, 0.29) is 30.9 Å². The number of nitro groups is 2. The number of anilines is 2. The molecule has 0 radical (unpaired) electrons. The van der Waals surface area contributed by atoms with E-state index in [9.17, 15) is 35.1 Å². The van der Waals surface area contributed by atoms with Crippen LogP contribution in [-0.4, -0.2) is 34.9 Å². The van der Waals surface area contributed by atoms with Gasteiger partial charge in [0.2, 0.25) is 5.91 Å². The minimum Gasteiger partial charge on any atom is -0.461 e. The number of esters is 1. The van der Waals surface area contributed by atoms with Crippen molar-refractivity contribution in [3.8, 4) is 6.07 Å². The van der Waals surface area contributed by atoms with Crippen molar-refractivity contribution in [1.82, 2.24) is 0 Å². The monoisotopic (exact) mass is 585 g/mol. The summed E-state index contributed by atoms with van der Waals surface area (Å²) in [6.45, 7) is 7.54. The first-order valence-corrected chi connectivity index (χ1v) is 12.8. The summed E-state index contributed by atoms with van der Waals surface area (Å²) in [4.78, 5) is 47.3. The number of amides is 1. The molecule has 0 unspecified atom stereocenters. The molecule has 0 fully saturated rings. The summed E-state index contributed by atoms with van der Waals surface area (Å²) in [6.07, 6.45) is 0.0673. The van der Waals surface area contributed by atoms with E-state index >= 15 is 0 Å². The van der Waals surface area contributed by atoms with Gasteiger partial charge in [-0.1, -0.05) is 36.9 Å². The van der Waals surface area contributed by atoms with Gasteiger partial charge in [-0.05, 0) is 36.3 Å². The molecule has 0 saturated carbocycles. The smallest absolute Gasteiger partial charge is 0.307 e. The maximum atomic E-state index is 12.3. The van der Waals surface area contributed by atoms with Crippen LogP contribution in [0.4, 0.5) is 34.1 Å². The molecule has 0 saturated heterocycles. The number of nitrogens with zero attached hydrogens (tertiary/aromatic N) is 6. The lowest BCUT2D eigenvalue weighted by Gasteiger charge is -2.25. The standard InChI is InChI=1S/C29H27N7O7/c1-19(2)18-43-28(38)11-12-34(17-21-7-5-4-6-8-21)23-9-10-25(26(14-23)31-20(3)37)32-33-29-22(16-30)13-24(35(39)40)15-27(29)36(41)42/h4-10,13-15H,1,11-12,17-18H2,2-3H3,(H,31,37). The molecule has 14 nitrogen and oxygen atoms in total. The molecule has 1 N–H and O–H groups in total. The van der Waals surface area contributed by atoms with Crippen LogP contribution in [0.15, 0.2) is 83.0 Å². The number of benzene rings is 3. The Balaban J connectivity index is 2.02. The van der Waals surface area contributed by atoms with Gasteiger partial charge in [0.15, 0.2) is 5.69 Å². The summed E-state index contributed by atoms with van der Waals surface area (Å²) in [5.74, 6) is -0.850. The number of ether oxygens (including phenoxy) is 1. The molecule has 3 aromatic rings. The average molecular weight is 586 g/mol. The molecule has 0 aliphatic rings. The predicted molar refractivity (Wildman–Crippen MR) is 157 cm³/mol. The molecular formula is C29H27N7O7. The quantitative estimate of drug-likeness (QED) is 0.0791. The van der Waals surface area contributed by atoms with E-state index in [1.807, 2.05) is 35.2 Å². The lowest BCUT2D eigenvalue weighted by atomic mass is 10.1. The SMILES string of the molecule is C=C(C)COC(=O)CCN(Cc1ccccc1)c1ccc(N=Nc2c(C#N)cc([N+](=O)[O-])cc2[N+](=O)[O-])c(NC(C)=O)c1. The van der Waals surface area contributed by atoms with E-state index in [1.165, 1.54) is 13.0 Å². The van der Waals surface area contributed by atoms with Crippen molar-refractivity contribution < 1.29 is 24.2 Å². The Hall–Kier alpha value is -5.97. The normalized spacial score (nSPS) is 10.5. The highest BCUT2D eigenvalue weighted by molar-refractivity contribution is 5.93. The van der Waals surface area contributed by atoms with E-state index in [2.05, 4.69) is 22.1 Å². The third-order valence-electron chi connectivity index (χ3n) is 5.80. The van der Waals surface area contributed by atoms with E-state index in [0.29, 0.717) is 23.9 Å². The topological polar surface area (TPSA) is 193 Å². The second-order valence-corrected chi connectivity index (χ2v) is 9.34. The molecule has 0 atom stereocenters. The Labute approximate surface area is 246 Å². The van der Waals surface area contributed by atoms with Crippen molar-refractivity contribution in [2.24, 2.45) is 10.2 Å². The molecule has 0 heterocycles. The number of carbonyl (C=O) groups is 2. The fourth-order valence-electron chi connectivity index (χ4n) is 3.85. The van der Waals surface area contributed by atoms with Gasteiger partial charge in [-0.3, -0.25) is 29.8 Å². The molecule has 0 aromatic heterocycles. The number of hydrogen-bond acceptors (Lipinski definition) is 11. The van der Waals surface area contributed by atoms with Crippen molar-refractivity contribution in [2.45, 2.75) is 26.8 Å².